The third kappa shape index (κ3) is 4.26. The van der Waals surface area contributed by atoms with E-state index < -0.39 is 23.7 Å². The highest BCUT2D eigenvalue weighted by molar-refractivity contribution is 9.12. The lowest BCUT2D eigenvalue weighted by atomic mass is 9.59. The van der Waals surface area contributed by atoms with Crippen LogP contribution in [0.3, 0.4) is 0 Å². The standard InChI is InChI=1S/C35H22Br2N2O6/c36-17-7-12-26(40)22(13-17)29-19-10-11-20-30(21(19)14-23-31(29)27(41)15-24(37)32(23)42)35(44)39(34(20)43)18-8-5-16(6-9-18)33-38-25-3-1-2-4-28(25)45-33/h1-10,12-13,15,20-21,29-30,40H,11,14H2. The molecular formula is C35H22Br2N2O6. The highest BCUT2D eigenvalue weighted by Crippen LogP contribution is 2.56. The van der Waals surface area contributed by atoms with E-state index in [1.807, 2.05) is 30.3 Å². The summed E-state index contributed by atoms with van der Waals surface area (Å²) in [6, 6.07) is 19.4. The van der Waals surface area contributed by atoms with Gasteiger partial charge in [-0.3, -0.25) is 24.1 Å². The molecule has 1 aromatic heterocycles. The monoisotopic (exact) mass is 724 g/mol. The maximum Gasteiger partial charge on any atom is 0.238 e. The number of anilines is 1. The smallest absolute Gasteiger partial charge is 0.238 e. The van der Waals surface area contributed by atoms with E-state index in [4.69, 9.17) is 4.42 Å². The number of amides is 2. The van der Waals surface area contributed by atoms with E-state index in [0.717, 1.165) is 11.1 Å². The van der Waals surface area contributed by atoms with E-state index in [1.54, 1.807) is 36.4 Å². The van der Waals surface area contributed by atoms with Crippen LogP contribution in [0.4, 0.5) is 5.69 Å². The second kappa shape index (κ2) is 10.3. The van der Waals surface area contributed by atoms with Gasteiger partial charge in [0.2, 0.25) is 17.7 Å². The Bertz CT molecular complexity index is 2070. The number of oxazole rings is 1. The lowest BCUT2D eigenvalue weighted by Crippen LogP contribution is -2.39. The third-order valence-electron chi connectivity index (χ3n) is 9.30. The van der Waals surface area contributed by atoms with Gasteiger partial charge in [-0.15, -0.1) is 0 Å². The van der Waals surface area contributed by atoms with Crippen LogP contribution in [-0.2, 0) is 19.2 Å². The first kappa shape index (κ1) is 28.1. The zero-order chi connectivity index (χ0) is 31.1. The van der Waals surface area contributed by atoms with Crippen LogP contribution in [0.2, 0.25) is 0 Å². The molecule has 0 bridgehead atoms. The Hall–Kier alpha value is -4.41. The molecule has 4 atom stereocenters. The maximum absolute atomic E-state index is 14.2. The number of para-hydroxylation sites is 2. The number of nitrogens with zero attached hydrogens (tertiary/aromatic N) is 2. The van der Waals surface area contributed by atoms with Crippen molar-refractivity contribution in [1.29, 1.82) is 0 Å². The number of hydrogen-bond donors (Lipinski definition) is 1. The lowest BCUT2D eigenvalue weighted by Gasteiger charge is -2.42. The molecule has 3 aromatic carbocycles. The molecule has 0 spiro atoms. The number of aromatic hydroxyl groups is 1. The minimum absolute atomic E-state index is 0.0259. The molecule has 4 aromatic rings. The summed E-state index contributed by atoms with van der Waals surface area (Å²) in [6.07, 6.45) is 3.64. The van der Waals surface area contributed by atoms with Gasteiger partial charge in [0.05, 0.1) is 22.0 Å². The summed E-state index contributed by atoms with van der Waals surface area (Å²) in [5.74, 6) is -3.48. The van der Waals surface area contributed by atoms with Crippen molar-refractivity contribution in [1.82, 2.24) is 4.98 Å². The van der Waals surface area contributed by atoms with Crippen molar-refractivity contribution in [2.24, 2.45) is 17.8 Å². The molecule has 1 aliphatic heterocycles. The number of rotatable bonds is 3. The van der Waals surface area contributed by atoms with Crippen molar-refractivity contribution in [3.8, 4) is 17.2 Å². The molecule has 8 rings (SSSR count). The van der Waals surface area contributed by atoms with E-state index in [0.29, 0.717) is 50.3 Å². The Kier molecular flexibility index (Phi) is 6.44. The molecule has 4 unspecified atom stereocenters. The second-order valence-corrected chi connectivity index (χ2v) is 13.4. The number of Topliss-reactive ketones (excluding diaryl/α,β-unsaturated/α-hetero) is 1. The highest BCUT2D eigenvalue weighted by Gasteiger charge is 2.57. The summed E-state index contributed by atoms with van der Waals surface area (Å²) in [4.78, 5) is 60.7. The first-order valence-corrected chi connectivity index (χ1v) is 16.0. The van der Waals surface area contributed by atoms with Crippen LogP contribution in [0.5, 0.6) is 5.75 Å². The van der Waals surface area contributed by atoms with Crippen LogP contribution in [0, 0.1) is 17.8 Å². The van der Waals surface area contributed by atoms with Crippen LogP contribution in [0.25, 0.3) is 22.6 Å². The predicted octanol–water partition coefficient (Wildman–Crippen LogP) is 6.93. The van der Waals surface area contributed by atoms with Crippen LogP contribution in [-0.4, -0.2) is 33.5 Å². The van der Waals surface area contributed by atoms with Crippen LogP contribution < -0.4 is 4.90 Å². The van der Waals surface area contributed by atoms with Crippen molar-refractivity contribution in [3.05, 3.63) is 110 Å². The number of allylic oxidation sites excluding steroid dienone is 6. The number of hydrogen-bond acceptors (Lipinski definition) is 7. The van der Waals surface area contributed by atoms with Crippen molar-refractivity contribution in [2.45, 2.75) is 18.8 Å². The Balaban J connectivity index is 1.17. The third-order valence-corrected chi connectivity index (χ3v) is 10.4. The molecule has 1 fully saturated rings. The molecule has 1 N–H and O–H groups in total. The summed E-state index contributed by atoms with van der Waals surface area (Å²) < 4.78 is 6.72. The fraction of sp³-hybridized carbons (Fsp3) is 0.171. The number of fused-ring (bicyclic) bond motifs is 4. The Labute approximate surface area is 273 Å². The van der Waals surface area contributed by atoms with Crippen molar-refractivity contribution in [3.63, 3.8) is 0 Å². The average Bonchev–Trinajstić information content (AvgIpc) is 3.58. The molecule has 0 saturated carbocycles. The van der Waals surface area contributed by atoms with Gasteiger partial charge in [0.1, 0.15) is 11.3 Å². The molecule has 2 amide bonds. The van der Waals surface area contributed by atoms with Crippen LogP contribution in [0.15, 0.2) is 109 Å². The summed E-state index contributed by atoms with van der Waals surface area (Å²) in [5.41, 5.74) is 4.38. The Morgan fingerprint density at radius 2 is 1.69 bits per heavy atom. The number of benzene rings is 3. The number of phenols is 1. The molecule has 2 heterocycles. The SMILES string of the molecule is O=C1C=C(Br)C(=O)C2=C1C(c1cc(Br)ccc1O)C1=CCC3C(=O)N(c4ccc(-c5nc6ccccc6o5)cc4)C(=O)C3C1C2. The molecule has 3 aliphatic carbocycles. The minimum Gasteiger partial charge on any atom is -0.508 e. The normalized spacial score (nSPS) is 24.4. The fourth-order valence-corrected chi connectivity index (χ4v) is 8.15. The molecule has 222 valence electrons. The van der Waals surface area contributed by atoms with E-state index >= 15 is 0 Å². The van der Waals surface area contributed by atoms with E-state index in [1.165, 1.54) is 17.0 Å². The zero-order valence-corrected chi connectivity index (χ0v) is 26.5. The van der Waals surface area contributed by atoms with Gasteiger partial charge in [0.25, 0.3) is 0 Å². The molecule has 10 heteroatoms. The highest BCUT2D eigenvalue weighted by atomic mass is 79.9. The van der Waals surface area contributed by atoms with Gasteiger partial charge in [0, 0.05) is 38.7 Å². The number of halogens is 2. The molecule has 0 radical (unpaired) electrons. The number of imide groups is 1. The fourth-order valence-electron chi connectivity index (χ4n) is 7.32. The molecule has 1 saturated heterocycles. The van der Waals surface area contributed by atoms with E-state index in [2.05, 4.69) is 36.8 Å². The Morgan fingerprint density at radius 3 is 2.47 bits per heavy atom. The van der Waals surface area contributed by atoms with Gasteiger partial charge < -0.3 is 9.52 Å². The number of carbonyl (C=O) groups is 4. The predicted molar refractivity (Wildman–Crippen MR) is 172 cm³/mol. The first-order chi connectivity index (χ1) is 21.7. The second-order valence-electron chi connectivity index (χ2n) is 11.6. The molecule has 4 aliphatic rings. The zero-order valence-electron chi connectivity index (χ0n) is 23.4. The average molecular weight is 726 g/mol. The van der Waals surface area contributed by atoms with Crippen LogP contribution >= 0.6 is 31.9 Å². The van der Waals surface area contributed by atoms with Gasteiger partial charge in [-0.2, -0.15) is 0 Å². The maximum atomic E-state index is 14.2. The molecular weight excluding hydrogens is 704 g/mol. The largest absolute Gasteiger partial charge is 0.508 e. The topological polar surface area (TPSA) is 118 Å². The number of carbonyl (C=O) groups excluding carboxylic acids is 4. The number of ketones is 2. The first-order valence-electron chi connectivity index (χ1n) is 14.4. The number of aromatic nitrogens is 1. The van der Waals surface area contributed by atoms with Gasteiger partial charge in [-0.05, 0) is 89.3 Å². The number of phenolic OH excluding ortho intramolecular Hbond substituents is 1. The Morgan fingerprint density at radius 1 is 0.911 bits per heavy atom. The van der Waals surface area contributed by atoms with Gasteiger partial charge in [-0.25, -0.2) is 4.98 Å². The van der Waals surface area contributed by atoms with Crippen molar-refractivity contribution >= 4 is 72.0 Å². The summed E-state index contributed by atoms with van der Waals surface area (Å²) in [6.45, 7) is 0. The van der Waals surface area contributed by atoms with Crippen molar-refractivity contribution in [2.75, 3.05) is 4.90 Å². The molecule has 45 heavy (non-hydrogen) atoms. The summed E-state index contributed by atoms with van der Waals surface area (Å²) >= 11 is 6.71. The molecule has 8 nitrogen and oxygen atoms in total. The van der Waals surface area contributed by atoms with Crippen LogP contribution in [0.1, 0.15) is 24.3 Å². The quantitative estimate of drug-likeness (QED) is 0.138. The van der Waals surface area contributed by atoms with E-state index in [9.17, 15) is 24.3 Å². The van der Waals surface area contributed by atoms with E-state index in [-0.39, 0.29) is 40.0 Å². The van der Waals surface area contributed by atoms with Crippen molar-refractivity contribution < 1.29 is 28.7 Å². The van der Waals surface area contributed by atoms with Gasteiger partial charge in [0.15, 0.2) is 17.1 Å². The van der Waals surface area contributed by atoms with Gasteiger partial charge >= 0.3 is 0 Å². The summed E-state index contributed by atoms with van der Waals surface area (Å²) in [7, 11) is 0. The minimum atomic E-state index is -0.738. The lowest BCUT2D eigenvalue weighted by molar-refractivity contribution is -0.123. The van der Waals surface area contributed by atoms with Gasteiger partial charge in [-0.1, -0.05) is 39.7 Å². The summed E-state index contributed by atoms with van der Waals surface area (Å²) in [5, 5.41) is 11.0.